The summed E-state index contributed by atoms with van der Waals surface area (Å²) in [6, 6.07) is 80.9. The molecule has 9 rings (SSSR count). The van der Waals surface area contributed by atoms with Crippen LogP contribution in [0.2, 0.25) is 0 Å². The monoisotopic (exact) mass is 734 g/mol. The molecule has 0 atom stereocenters. The maximum absolute atomic E-state index is 7.79. The van der Waals surface area contributed by atoms with Gasteiger partial charge in [-0.3, -0.25) is 0 Å². The van der Waals surface area contributed by atoms with Crippen molar-refractivity contribution in [2.45, 2.75) is 19.3 Å². The summed E-state index contributed by atoms with van der Waals surface area (Å²) in [5, 5.41) is 10.5. The van der Waals surface area contributed by atoms with Gasteiger partial charge in [0.05, 0.1) is 0 Å². The van der Waals surface area contributed by atoms with Crippen LogP contribution in [0.5, 0.6) is 11.5 Å². The zero-order valence-electron chi connectivity index (χ0n) is 30.7. The molecule has 0 fully saturated rings. The van der Waals surface area contributed by atoms with Crippen molar-refractivity contribution in [3.8, 4) is 11.5 Å². The Morgan fingerprint density at radius 2 is 0.537 bits per heavy atom. The number of para-hydroxylation sites is 2. The van der Waals surface area contributed by atoms with E-state index in [-0.39, 0.29) is 5.41 Å². The van der Waals surface area contributed by atoms with E-state index in [2.05, 4.69) is 232 Å². The Labute approximate surface area is 320 Å². The molecule has 0 unspecified atom stereocenters. The minimum atomic E-state index is -2.93. The van der Waals surface area contributed by atoms with Crippen molar-refractivity contribution in [3.63, 3.8) is 0 Å². The maximum atomic E-state index is 7.79. The van der Waals surface area contributed by atoms with Crippen LogP contribution >= 0.6 is 14.5 Å². The molecule has 0 bridgehead atoms. The summed E-state index contributed by atoms with van der Waals surface area (Å²) in [7, 11) is -5.86. The average molecular weight is 735 g/mol. The first-order valence-electron chi connectivity index (χ1n) is 18.9. The van der Waals surface area contributed by atoms with Gasteiger partial charge in [-0.15, -0.1) is 0 Å². The summed E-state index contributed by atoms with van der Waals surface area (Å²) in [5.74, 6) is 1.98. The molecular formula is C51H44OP2. The van der Waals surface area contributed by atoms with Gasteiger partial charge in [0.15, 0.2) is 0 Å². The molecular weight excluding hydrogens is 691 g/mol. The standard InChI is InChI=1S/C51H44OP2/c1-51(2)45-35-21-37-47(53(39-23-9-3-10-24-39,40-25-11-4-12-26-40)41-27-13-5-14-28-41)49(45)52-50-46(51)36-22-38-48(50)54(42-29-15-6-16-30-42,43-31-17-7-18-32-43)44-33-19-8-20-34-44/h3-38,53-54H,1-2H3. The van der Waals surface area contributed by atoms with E-state index in [0.29, 0.717) is 0 Å². The molecule has 0 aromatic heterocycles. The van der Waals surface area contributed by atoms with Gasteiger partial charge in [-0.2, -0.15) is 0 Å². The number of hydrogen-bond acceptors (Lipinski definition) is 1. The van der Waals surface area contributed by atoms with Crippen molar-refractivity contribution >= 4 is 57.0 Å². The van der Waals surface area contributed by atoms with Crippen LogP contribution in [0, 0.1) is 0 Å². The Balaban J connectivity index is 1.39. The van der Waals surface area contributed by atoms with Gasteiger partial charge in [-0.25, -0.2) is 0 Å². The second-order valence-electron chi connectivity index (χ2n) is 14.8. The Morgan fingerprint density at radius 1 is 0.296 bits per heavy atom. The van der Waals surface area contributed by atoms with Gasteiger partial charge >= 0.3 is 322 Å². The SMILES string of the molecule is CC1(C)c2cccc([PH](c3ccccc3)(c3ccccc3)c3ccccc3)c2Oc2c1cccc2[PH](c1ccccc1)(c1ccccc1)c1ccccc1. The second-order valence-corrected chi connectivity index (χ2v) is 22.3. The van der Waals surface area contributed by atoms with E-state index in [9.17, 15) is 0 Å². The van der Waals surface area contributed by atoms with Crippen LogP contribution < -0.4 is 47.2 Å². The number of hydrogen-bond donors (Lipinski definition) is 0. The van der Waals surface area contributed by atoms with Gasteiger partial charge in [0, 0.05) is 0 Å². The Kier molecular flexibility index (Phi) is 8.87. The fourth-order valence-corrected chi connectivity index (χ4v) is 18.9. The molecule has 54 heavy (non-hydrogen) atoms. The molecule has 1 nitrogen and oxygen atoms in total. The van der Waals surface area contributed by atoms with Crippen molar-refractivity contribution < 1.29 is 4.74 Å². The van der Waals surface area contributed by atoms with Gasteiger partial charge in [0.2, 0.25) is 0 Å². The summed E-state index contributed by atoms with van der Waals surface area (Å²) in [5.41, 5.74) is 2.09. The molecule has 0 aliphatic carbocycles. The molecule has 0 amide bonds. The third-order valence-electron chi connectivity index (χ3n) is 11.6. The normalized spacial score (nSPS) is 13.9. The van der Waals surface area contributed by atoms with Crippen molar-refractivity contribution in [2.24, 2.45) is 0 Å². The van der Waals surface area contributed by atoms with Crippen LogP contribution in [0.1, 0.15) is 25.0 Å². The van der Waals surface area contributed by atoms with Crippen LogP contribution in [0.15, 0.2) is 218 Å². The van der Waals surface area contributed by atoms with Gasteiger partial charge in [0.1, 0.15) is 0 Å². The summed E-state index contributed by atoms with van der Waals surface area (Å²) >= 11 is 0. The van der Waals surface area contributed by atoms with E-state index in [0.717, 1.165) is 11.5 Å². The molecule has 8 aromatic rings. The summed E-state index contributed by atoms with van der Waals surface area (Å²) in [6.45, 7) is 4.77. The third kappa shape index (κ3) is 5.30. The van der Waals surface area contributed by atoms with Crippen LogP contribution in [-0.2, 0) is 5.41 Å². The van der Waals surface area contributed by atoms with Crippen LogP contribution in [-0.4, -0.2) is 0 Å². The zero-order chi connectivity index (χ0) is 36.6. The van der Waals surface area contributed by atoms with Crippen LogP contribution in [0.3, 0.4) is 0 Å². The molecule has 1 heterocycles. The summed E-state index contributed by atoms with van der Waals surface area (Å²) in [6.07, 6.45) is 0. The molecule has 0 N–H and O–H groups in total. The Hall–Kier alpha value is -5.58. The molecule has 0 spiro atoms. The molecule has 0 saturated heterocycles. The molecule has 8 aromatic carbocycles. The van der Waals surface area contributed by atoms with Gasteiger partial charge in [0.25, 0.3) is 0 Å². The number of ether oxygens (including phenoxy) is 1. The van der Waals surface area contributed by atoms with E-state index in [4.69, 9.17) is 4.74 Å². The topological polar surface area (TPSA) is 9.23 Å². The summed E-state index contributed by atoms with van der Waals surface area (Å²) < 4.78 is 7.79. The van der Waals surface area contributed by atoms with Crippen LogP contribution in [0.4, 0.5) is 0 Å². The third-order valence-corrected chi connectivity index (χ3v) is 21.2. The van der Waals surface area contributed by atoms with Gasteiger partial charge < -0.3 is 0 Å². The van der Waals surface area contributed by atoms with E-state index < -0.39 is 14.5 Å². The van der Waals surface area contributed by atoms with Crippen LogP contribution in [0.25, 0.3) is 0 Å². The number of rotatable bonds is 8. The average Bonchev–Trinajstić information content (AvgIpc) is 3.24. The van der Waals surface area contributed by atoms with E-state index >= 15 is 0 Å². The molecule has 3 heteroatoms. The number of benzene rings is 8. The quantitative estimate of drug-likeness (QED) is 0.142. The number of fused-ring (bicyclic) bond motifs is 2. The summed E-state index contributed by atoms with van der Waals surface area (Å²) in [4.78, 5) is 0. The Bertz CT molecular complexity index is 2150. The molecule has 1 aliphatic rings. The van der Waals surface area contributed by atoms with Gasteiger partial charge in [-0.1, -0.05) is 0 Å². The molecule has 1 aliphatic heterocycles. The van der Waals surface area contributed by atoms with Gasteiger partial charge in [-0.05, 0) is 0 Å². The molecule has 0 radical (unpaired) electrons. The zero-order valence-corrected chi connectivity index (χ0v) is 32.7. The first-order chi connectivity index (χ1) is 26.6. The Morgan fingerprint density at radius 3 is 0.778 bits per heavy atom. The van der Waals surface area contributed by atoms with Crippen molar-refractivity contribution in [1.29, 1.82) is 0 Å². The van der Waals surface area contributed by atoms with E-state index in [1.807, 2.05) is 0 Å². The van der Waals surface area contributed by atoms with Crippen molar-refractivity contribution in [3.05, 3.63) is 230 Å². The predicted octanol–water partition coefficient (Wildman–Crippen LogP) is 8.82. The first kappa shape index (κ1) is 34.2. The fourth-order valence-electron chi connectivity index (χ4n) is 9.18. The first-order valence-corrected chi connectivity index (χ1v) is 22.9. The fraction of sp³-hybridized carbons (Fsp3) is 0.0588. The van der Waals surface area contributed by atoms with Crippen molar-refractivity contribution in [1.82, 2.24) is 0 Å². The molecule has 0 saturated carbocycles. The second kappa shape index (κ2) is 14.0. The predicted molar refractivity (Wildman–Crippen MR) is 237 cm³/mol. The van der Waals surface area contributed by atoms with E-state index in [1.165, 1.54) is 53.6 Å². The van der Waals surface area contributed by atoms with Crippen molar-refractivity contribution in [2.75, 3.05) is 0 Å². The minimum absolute atomic E-state index is 0.344. The van der Waals surface area contributed by atoms with E-state index in [1.54, 1.807) is 0 Å². The molecule has 264 valence electrons.